The number of amides is 1. The number of hydrogen-bond acceptors (Lipinski definition) is 4. The molecule has 2 atom stereocenters. The lowest BCUT2D eigenvalue weighted by Crippen LogP contribution is -2.69. The molecular formula is C25H37NO4Si. The topological polar surface area (TPSA) is 67.8 Å². The number of benzene rings is 2. The molecule has 1 amide bonds. The van der Waals surface area contributed by atoms with Crippen molar-refractivity contribution in [1.82, 2.24) is 5.32 Å². The van der Waals surface area contributed by atoms with Crippen molar-refractivity contribution in [3.63, 3.8) is 0 Å². The van der Waals surface area contributed by atoms with Crippen LogP contribution in [-0.4, -0.2) is 43.9 Å². The number of hydrogen-bond donors (Lipinski definition) is 2. The Morgan fingerprint density at radius 2 is 1.39 bits per heavy atom. The lowest BCUT2D eigenvalue weighted by Gasteiger charge is -2.45. The fourth-order valence-corrected chi connectivity index (χ4v) is 8.56. The van der Waals surface area contributed by atoms with Crippen LogP contribution in [0.15, 0.2) is 60.7 Å². The Morgan fingerprint density at radius 3 is 1.74 bits per heavy atom. The molecule has 170 valence electrons. The van der Waals surface area contributed by atoms with Gasteiger partial charge in [-0.1, -0.05) is 81.4 Å². The van der Waals surface area contributed by atoms with Crippen molar-refractivity contribution in [3.05, 3.63) is 60.7 Å². The summed E-state index contributed by atoms with van der Waals surface area (Å²) >= 11 is 0. The first kappa shape index (κ1) is 25.1. The van der Waals surface area contributed by atoms with E-state index in [1.807, 2.05) is 64.1 Å². The molecule has 0 aromatic heterocycles. The first-order valence-electron chi connectivity index (χ1n) is 10.8. The van der Waals surface area contributed by atoms with E-state index < -0.39 is 32.2 Å². The zero-order chi connectivity index (χ0) is 23.3. The predicted octanol–water partition coefficient (Wildman–Crippen LogP) is 3.84. The maximum atomic E-state index is 12.3. The lowest BCUT2D eigenvalue weighted by molar-refractivity contribution is 0.0395. The third kappa shape index (κ3) is 6.18. The normalized spacial score (nSPS) is 14.6. The molecule has 0 spiro atoms. The molecule has 0 fully saturated rings. The predicted molar refractivity (Wildman–Crippen MR) is 128 cm³/mol. The highest BCUT2D eigenvalue weighted by molar-refractivity contribution is 6.99. The van der Waals surface area contributed by atoms with E-state index in [4.69, 9.17) is 9.16 Å². The Labute approximate surface area is 187 Å². The molecule has 0 aliphatic heterocycles. The van der Waals surface area contributed by atoms with Crippen LogP contribution in [-0.2, 0) is 9.16 Å². The molecule has 0 radical (unpaired) electrons. The first-order valence-corrected chi connectivity index (χ1v) is 12.7. The van der Waals surface area contributed by atoms with Gasteiger partial charge in [0.15, 0.2) is 0 Å². The van der Waals surface area contributed by atoms with E-state index in [1.54, 1.807) is 0 Å². The van der Waals surface area contributed by atoms with Gasteiger partial charge in [0.1, 0.15) is 5.60 Å². The molecule has 2 aromatic carbocycles. The first-order chi connectivity index (χ1) is 14.4. The van der Waals surface area contributed by atoms with Crippen LogP contribution in [0.3, 0.4) is 0 Å². The van der Waals surface area contributed by atoms with Gasteiger partial charge < -0.3 is 19.6 Å². The quantitative estimate of drug-likeness (QED) is 0.638. The minimum atomic E-state index is -2.79. The van der Waals surface area contributed by atoms with E-state index in [1.165, 1.54) is 0 Å². The van der Waals surface area contributed by atoms with Crippen molar-refractivity contribution >= 4 is 24.8 Å². The molecule has 0 aliphatic rings. The highest BCUT2D eigenvalue weighted by Gasteiger charge is 2.51. The van der Waals surface area contributed by atoms with Gasteiger partial charge in [-0.3, -0.25) is 0 Å². The highest BCUT2D eigenvalue weighted by Crippen LogP contribution is 2.37. The van der Waals surface area contributed by atoms with Crippen molar-refractivity contribution in [2.75, 3.05) is 6.61 Å². The van der Waals surface area contributed by atoms with Crippen LogP contribution < -0.4 is 15.7 Å². The van der Waals surface area contributed by atoms with Gasteiger partial charge in [-0.2, -0.15) is 0 Å². The van der Waals surface area contributed by atoms with Crippen molar-refractivity contribution in [3.8, 4) is 0 Å². The summed E-state index contributed by atoms with van der Waals surface area (Å²) in [6, 6.07) is 20.0. The maximum absolute atomic E-state index is 12.3. The van der Waals surface area contributed by atoms with Gasteiger partial charge in [-0.15, -0.1) is 0 Å². The number of carbonyl (C=O) groups excluding carboxylic acids is 1. The Bertz CT molecular complexity index is 789. The zero-order valence-corrected chi connectivity index (χ0v) is 20.8. The van der Waals surface area contributed by atoms with E-state index in [0.29, 0.717) is 0 Å². The SMILES string of the molecule is C[C@@H](O[Si](c1ccccc1)(c1ccccc1)C(C)(C)C)[C@@H](CO)NC(=O)OC(C)(C)C. The molecule has 0 aliphatic carbocycles. The number of rotatable bonds is 7. The van der Waals surface area contributed by atoms with Crippen LogP contribution in [0.25, 0.3) is 0 Å². The fourth-order valence-electron chi connectivity index (χ4n) is 3.82. The molecule has 0 saturated heterocycles. The molecule has 0 unspecified atom stereocenters. The summed E-state index contributed by atoms with van der Waals surface area (Å²) in [7, 11) is -2.79. The highest BCUT2D eigenvalue weighted by atomic mass is 28.4. The summed E-state index contributed by atoms with van der Waals surface area (Å²) in [6.07, 6.45) is -1.01. The smallest absolute Gasteiger partial charge is 0.408 e. The zero-order valence-electron chi connectivity index (χ0n) is 19.8. The molecular weight excluding hydrogens is 406 g/mol. The Hall–Kier alpha value is -2.15. The largest absolute Gasteiger partial charge is 0.444 e. The maximum Gasteiger partial charge on any atom is 0.408 e. The molecule has 0 saturated carbocycles. The summed E-state index contributed by atoms with van der Waals surface area (Å²) in [4.78, 5) is 12.3. The average Bonchev–Trinajstić information content (AvgIpc) is 2.69. The van der Waals surface area contributed by atoms with Gasteiger partial charge in [0.05, 0.1) is 18.8 Å². The van der Waals surface area contributed by atoms with Gasteiger partial charge in [0, 0.05) is 0 Å². The molecule has 0 bridgehead atoms. The van der Waals surface area contributed by atoms with E-state index in [-0.39, 0.29) is 11.6 Å². The monoisotopic (exact) mass is 443 g/mol. The van der Waals surface area contributed by atoms with E-state index >= 15 is 0 Å². The Kier molecular flexibility index (Phi) is 8.08. The average molecular weight is 444 g/mol. The third-order valence-electron chi connectivity index (χ3n) is 5.24. The summed E-state index contributed by atoms with van der Waals surface area (Å²) in [5.74, 6) is 0. The van der Waals surface area contributed by atoms with Gasteiger partial charge in [-0.25, -0.2) is 4.79 Å². The molecule has 31 heavy (non-hydrogen) atoms. The van der Waals surface area contributed by atoms with Crippen LogP contribution in [0.2, 0.25) is 5.04 Å². The summed E-state index contributed by atoms with van der Waals surface area (Å²) in [5.41, 5.74) is -0.619. The molecule has 2 rings (SSSR count). The number of carbonyl (C=O) groups is 1. The van der Waals surface area contributed by atoms with Crippen molar-refractivity contribution < 1.29 is 19.1 Å². The van der Waals surface area contributed by atoms with Crippen LogP contribution in [0.5, 0.6) is 0 Å². The fraction of sp³-hybridized carbons (Fsp3) is 0.480. The number of alkyl carbamates (subject to hydrolysis) is 1. The van der Waals surface area contributed by atoms with E-state index in [0.717, 1.165) is 10.4 Å². The Morgan fingerprint density at radius 1 is 0.935 bits per heavy atom. The standard InChI is InChI=1S/C25H37NO4Si/c1-19(22(18-27)26-23(28)29-24(2,3)4)30-31(25(5,6)7,20-14-10-8-11-15-20)21-16-12-9-13-17-21/h8-17,19,22,27H,18H2,1-7H3,(H,26,28)/t19-,22-/m1/s1. The number of nitrogens with one attached hydrogen (secondary N) is 1. The summed E-state index contributed by atoms with van der Waals surface area (Å²) in [5, 5.41) is 14.9. The number of ether oxygens (including phenoxy) is 1. The molecule has 6 heteroatoms. The lowest BCUT2D eigenvalue weighted by atomic mass is 10.2. The summed E-state index contributed by atoms with van der Waals surface area (Å²) in [6.45, 7) is 13.7. The second-order valence-electron chi connectivity index (χ2n) is 9.92. The number of aliphatic hydroxyl groups excluding tert-OH is 1. The van der Waals surface area contributed by atoms with Gasteiger partial charge in [0.25, 0.3) is 8.32 Å². The van der Waals surface area contributed by atoms with E-state index in [2.05, 4.69) is 50.4 Å². The minimum Gasteiger partial charge on any atom is -0.444 e. The molecule has 5 nitrogen and oxygen atoms in total. The van der Waals surface area contributed by atoms with Crippen molar-refractivity contribution in [1.29, 1.82) is 0 Å². The van der Waals surface area contributed by atoms with Crippen molar-refractivity contribution in [2.24, 2.45) is 0 Å². The van der Waals surface area contributed by atoms with Crippen LogP contribution in [0.1, 0.15) is 48.5 Å². The second kappa shape index (κ2) is 9.98. The molecule has 0 heterocycles. The second-order valence-corrected chi connectivity index (χ2v) is 14.2. The Balaban J connectivity index is 2.46. The minimum absolute atomic E-state index is 0.199. The third-order valence-corrected chi connectivity index (χ3v) is 10.4. The van der Waals surface area contributed by atoms with Gasteiger partial charge >= 0.3 is 6.09 Å². The van der Waals surface area contributed by atoms with Crippen LogP contribution >= 0.6 is 0 Å². The molecule has 2 N–H and O–H groups in total. The van der Waals surface area contributed by atoms with E-state index in [9.17, 15) is 9.90 Å². The van der Waals surface area contributed by atoms with Gasteiger partial charge in [-0.05, 0) is 43.1 Å². The van der Waals surface area contributed by atoms with Crippen LogP contribution in [0, 0.1) is 0 Å². The van der Waals surface area contributed by atoms with Crippen molar-refractivity contribution in [2.45, 2.75) is 71.3 Å². The molecule has 2 aromatic rings. The van der Waals surface area contributed by atoms with Crippen LogP contribution in [0.4, 0.5) is 4.79 Å². The van der Waals surface area contributed by atoms with Gasteiger partial charge in [0.2, 0.25) is 0 Å². The summed E-state index contributed by atoms with van der Waals surface area (Å²) < 4.78 is 12.3. The number of aliphatic hydroxyl groups is 1.